The van der Waals surface area contributed by atoms with Gasteiger partial charge in [-0.3, -0.25) is 4.79 Å². The van der Waals surface area contributed by atoms with E-state index in [2.05, 4.69) is 11.4 Å². The average Bonchev–Trinajstić information content (AvgIpc) is 2.71. The maximum absolute atomic E-state index is 11.5. The molecule has 1 N–H and O–H groups in total. The molecule has 0 atom stereocenters. The van der Waals surface area contributed by atoms with Crippen LogP contribution in [-0.2, 0) is 11.3 Å². The second-order valence-electron chi connectivity index (χ2n) is 6.07. The normalized spacial score (nSPS) is 10.3. The molecule has 0 bridgehead atoms. The summed E-state index contributed by atoms with van der Waals surface area (Å²) >= 11 is 6.04. The maximum atomic E-state index is 11.5. The van der Waals surface area contributed by atoms with Crippen molar-refractivity contribution in [2.24, 2.45) is 0 Å². The van der Waals surface area contributed by atoms with E-state index >= 15 is 0 Å². The molecule has 0 saturated carbocycles. The van der Waals surface area contributed by atoms with Crippen LogP contribution in [0, 0.1) is 11.3 Å². The average molecular weight is 395 g/mol. The van der Waals surface area contributed by atoms with E-state index in [1.165, 1.54) is 0 Å². The van der Waals surface area contributed by atoms with E-state index in [0.717, 1.165) is 22.1 Å². The van der Waals surface area contributed by atoms with Gasteiger partial charge < -0.3 is 14.8 Å². The molecule has 28 heavy (non-hydrogen) atoms. The van der Waals surface area contributed by atoms with Crippen molar-refractivity contribution < 1.29 is 14.3 Å². The van der Waals surface area contributed by atoms with E-state index in [1.54, 1.807) is 18.2 Å². The summed E-state index contributed by atoms with van der Waals surface area (Å²) < 4.78 is 11.6. The minimum Gasteiger partial charge on any atom is -0.490 e. The maximum Gasteiger partial charge on any atom is 0.234 e. The zero-order valence-corrected chi connectivity index (χ0v) is 15.9. The Kier molecular flexibility index (Phi) is 6.72. The van der Waals surface area contributed by atoms with Gasteiger partial charge in [0, 0.05) is 17.1 Å². The quantitative estimate of drug-likeness (QED) is 0.572. The Labute approximate surface area is 168 Å². The lowest BCUT2D eigenvalue weighted by Gasteiger charge is -2.13. The molecular weight excluding hydrogens is 376 g/mol. The van der Waals surface area contributed by atoms with Gasteiger partial charge in [-0.05, 0) is 41.1 Å². The lowest BCUT2D eigenvalue weighted by Crippen LogP contribution is -2.22. The molecule has 0 aliphatic carbocycles. The van der Waals surface area contributed by atoms with Crippen molar-refractivity contribution in [2.75, 3.05) is 13.2 Å². The first-order valence-electron chi connectivity index (χ1n) is 8.82. The lowest BCUT2D eigenvalue weighted by molar-refractivity contribution is -0.120. The molecule has 3 aromatic rings. The minimum atomic E-state index is -0.340. The second kappa shape index (κ2) is 9.63. The molecule has 3 aromatic carbocycles. The highest BCUT2D eigenvalue weighted by atomic mass is 35.5. The number of hydrogen-bond donors (Lipinski definition) is 1. The van der Waals surface area contributed by atoms with Crippen LogP contribution in [0.4, 0.5) is 0 Å². The molecule has 0 aliphatic rings. The van der Waals surface area contributed by atoms with Crippen molar-refractivity contribution in [1.82, 2.24) is 5.32 Å². The second-order valence-corrected chi connectivity index (χ2v) is 6.51. The van der Waals surface area contributed by atoms with Gasteiger partial charge in [0.15, 0.2) is 0 Å². The number of hydrogen-bond acceptors (Lipinski definition) is 4. The Hall–Kier alpha value is -3.23. The van der Waals surface area contributed by atoms with Crippen molar-refractivity contribution in [1.29, 1.82) is 5.26 Å². The molecule has 5 nitrogen and oxygen atoms in total. The van der Waals surface area contributed by atoms with Gasteiger partial charge in [-0.1, -0.05) is 41.9 Å². The fraction of sp³-hybridized carbons (Fsp3) is 0.182. The summed E-state index contributed by atoms with van der Waals surface area (Å²) in [5, 5.41) is 14.1. The van der Waals surface area contributed by atoms with Gasteiger partial charge in [-0.25, -0.2) is 0 Å². The summed E-state index contributed by atoms with van der Waals surface area (Å²) in [6.07, 6.45) is -0.184. The van der Waals surface area contributed by atoms with Crippen molar-refractivity contribution in [3.05, 3.63) is 71.2 Å². The molecule has 1 amide bonds. The molecule has 6 heteroatoms. The molecule has 0 unspecified atom stereocenters. The molecule has 0 aliphatic heterocycles. The number of amides is 1. The summed E-state index contributed by atoms with van der Waals surface area (Å²) in [4.78, 5) is 11.5. The van der Waals surface area contributed by atoms with Crippen LogP contribution < -0.4 is 14.8 Å². The number of carbonyl (C=O) groups is 1. The number of benzene rings is 3. The van der Waals surface area contributed by atoms with Crippen LogP contribution in [0.1, 0.15) is 12.0 Å². The lowest BCUT2D eigenvalue weighted by atomic mass is 10.1. The highest BCUT2D eigenvalue weighted by molar-refractivity contribution is 6.30. The fourth-order valence-corrected chi connectivity index (χ4v) is 2.92. The summed E-state index contributed by atoms with van der Waals surface area (Å²) in [6.45, 7) is 0.955. The van der Waals surface area contributed by atoms with Gasteiger partial charge in [-0.15, -0.1) is 0 Å². The summed E-state index contributed by atoms with van der Waals surface area (Å²) in [6, 6.07) is 21.1. The smallest absolute Gasteiger partial charge is 0.234 e. The number of carbonyl (C=O) groups excluding carboxylic acids is 1. The molecule has 142 valence electrons. The zero-order chi connectivity index (χ0) is 19.8. The van der Waals surface area contributed by atoms with E-state index in [9.17, 15) is 4.79 Å². The van der Waals surface area contributed by atoms with E-state index in [-0.39, 0.29) is 18.9 Å². The Morgan fingerprint density at radius 2 is 1.79 bits per heavy atom. The van der Waals surface area contributed by atoms with E-state index in [0.29, 0.717) is 24.0 Å². The van der Waals surface area contributed by atoms with Crippen LogP contribution in [0.25, 0.3) is 10.8 Å². The van der Waals surface area contributed by atoms with Gasteiger partial charge in [0.2, 0.25) is 5.91 Å². The monoisotopic (exact) mass is 394 g/mol. The zero-order valence-electron chi connectivity index (χ0n) is 15.2. The van der Waals surface area contributed by atoms with Gasteiger partial charge in [0.05, 0.1) is 6.07 Å². The van der Waals surface area contributed by atoms with Crippen LogP contribution in [0.2, 0.25) is 5.02 Å². The minimum absolute atomic E-state index is 0.184. The predicted molar refractivity (Wildman–Crippen MR) is 108 cm³/mol. The SMILES string of the molecule is N#CCC(=O)NCc1cc(Cl)ccc1OCCOc1ccc2ccccc2c1. The number of ether oxygens (including phenoxy) is 2. The number of fused-ring (bicyclic) bond motifs is 1. The van der Waals surface area contributed by atoms with Crippen LogP contribution in [0.5, 0.6) is 11.5 Å². The number of nitrogens with zero attached hydrogens (tertiary/aromatic N) is 1. The third-order valence-corrected chi connectivity index (χ3v) is 4.30. The Balaban J connectivity index is 1.55. The number of nitrogens with one attached hydrogen (secondary N) is 1. The Morgan fingerprint density at radius 1 is 1.00 bits per heavy atom. The summed E-state index contributed by atoms with van der Waals surface area (Å²) in [7, 11) is 0. The molecule has 0 heterocycles. The molecule has 0 spiro atoms. The first-order chi connectivity index (χ1) is 13.7. The predicted octanol–water partition coefficient (Wildman–Crippen LogP) is 4.48. The van der Waals surface area contributed by atoms with Gasteiger partial charge in [0.1, 0.15) is 31.1 Å². The first kappa shape index (κ1) is 19.5. The number of halogens is 1. The number of nitriles is 1. The van der Waals surface area contributed by atoms with E-state index in [4.69, 9.17) is 26.3 Å². The Morgan fingerprint density at radius 3 is 2.61 bits per heavy atom. The summed E-state index contributed by atoms with van der Waals surface area (Å²) in [5.41, 5.74) is 0.740. The summed E-state index contributed by atoms with van der Waals surface area (Å²) in [5.74, 6) is 1.05. The van der Waals surface area contributed by atoms with E-state index < -0.39 is 0 Å². The van der Waals surface area contributed by atoms with Crippen LogP contribution in [0.3, 0.4) is 0 Å². The molecule has 3 rings (SSSR count). The molecule has 0 saturated heterocycles. The Bertz CT molecular complexity index is 1010. The van der Waals surface area contributed by atoms with Gasteiger partial charge in [-0.2, -0.15) is 5.26 Å². The van der Waals surface area contributed by atoms with Crippen molar-refractivity contribution >= 4 is 28.3 Å². The number of rotatable bonds is 8. The molecule has 0 aromatic heterocycles. The molecular formula is C22H19ClN2O3. The highest BCUT2D eigenvalue weighted by Crippen LogP contribution is 2.23. The van der Waals surface area contributed by atoms with Gasteiger partial charge >= 0.3 is 0 Å². The van der Waals surface area contributed by atoms with Crippen LogP contribution >= 0.6 is 11.6 Å². The third kappa shape index (κ3) is 5.38. The highest BCUT2D eigenvalue weighted by Gasteiger charge is 2.08. The molecule has 0 fully saturated rings. The van der Waals surface area contributed by atoms with E-state index in [1.807, 2.05) is 42.5 Å². The van der Waals surface area contributed by atoms with Crippen molar-refractivity contribution in [3.63, 3.8) is 0 Å². The standard InChI is InChI=1S/C22H19ClN2O3/c23-19-6-8-21(18(13-19)15-25-22(26)9-10-24)28-12-11-27-20-7-5-16-3-1-2-4-17(16)14-20/h1-8,13-14H,9,11-12,15H2,(H,25,26). The topological polar surface area (TPSA) is 71.4 Å². The fourth-order valence-electron chi connectivity index (χ4n) is 2.72. The first-order valence-corrected chi connectivity index (χ1v) is 9.20. The largest absolute Gasteiger partial charge is 0.490 e. The van der Waals surface area contributed by atoms with Crippen LogP contribution in [-0.4, -0.2) is 19.1 Å². The third-order valence-electron chi connectivity index (χ3n) is 4.07. The molecule has 0 radical (unpaired) electrons. The van der Waals surface area contributed by atoms with Crippen molar-refractivity contribution in [2.45, 2.75) is 13.0 Å². The van der Waals surface area contributed by atoms with Crippen LogP contribution in [0.15, 0.2) is 60.7 Å². The van der Waals surface area contributed by atoms with Crippen molar-refractivity contribution in [3.8, 4) is 17.6 Å². The van der Waals surface area contributed by atoms with Gasteiger partial charge in [0.25, 0.3) is 0 Å².